The van der Waals surface area contributed by atoms with Crippen LogP contribution in [-0.2, 0) is 6.42 Å². The fourth-order valence-corrected chi connectivity index (χ4v) is 2.04. The molecular formula is C16H18N4O. The van der Waals surface area contributed by atoms with E-state index in [0.717, 1.165) is 16.8 Å². The summed E-state index contributed by atoms with van der Waals surface area (Å²) >= 11 is 0. The second-order valence-electron chi connectivity index (χ2n) is 4.97. The number of aliphatic hydroxyl groups is 1. The van der Waals surface area contributed by atoms with E-state index in [2.05, 4.69) is 21.6 Å². The van der Waals surface area contributed by atoms with Crippen LogP contribution in [0.2, 0.25) is 0 Å². The molecule has 5 nitrogen and oxygen atoms in total. The van der Waals surface area contributed by atoms with Gasteiger partial charge in [0, 0.05) is 13.0 Å². The Morgan fingerprint density at radius 2 is 1.95 bits per heavy atom. The minimum atomic E-state index is -0.553. The fraction of sp³-hybridized carbons (Fsp3) is 0.312. The number of nitrogens with zero attached hydrogens (tertiary/aromatic N) is 3. The van der Waals surface area contributed by atoms with Crippen LogP contribution in [0, 0.1) is 25.2 Å². The van der Waals surface area contributed by atoms with E-state index in [0.29, 0.717) is 24.3 Å². The summed E-state index contributed by atoms with van der Waals surface area (Å²) in [6.45, 7) is 3.98. The van der Waals surface area contributed by atoms with Gasteiger partial charge in [-0.05, 0) is 25.0 Å². The topological polar surface area (TPSA) is 81.8 Å². The van der Waals surface area contributed by atoms with Crippen molar-refractivity contribution in [2.24, 2.45) is 0 Å². The van der Waals surface area contributed by atoms with Crippen LogP contribution in [0.5, 0.6) is 0 Å². The third-order valence-electron chi connectivity index (χ3n) is 3.39. The van der Waals surface area contributed by atoms with Crippen molar-refractivity contribution in [2.75, 3.05) is 11.9 Å². The number of benzene rings is 1. The standard InChI is InChI=1S/C16H18N4O/c1-11-12(2)19-20-16(15(11)9-17)18-10-14(21)8-13-6-4-3-5-7-13/h3-7,14,21H,8,10H2,1-2H3,(H,18,20). The van der Waals surface area contributed by atoms with Crippen LogP contribution in [0.4, 0.5) is 5.82 Å². The first-order valence-corrected chi connectivity index (χ1v) is 6.81. The molecule has 1 atom stereocenters. The second-order valence-corrected chi connectivity index (χ2v) is 4.97. The highest BCUT2D eigenvalue weighted by molar-refractivity contribution is 5.55. The zero-order valence-electron chi connectivity index (χ0n) is 12.2. The summed E-state index contributed by atoms with van der Waals surface area (Å²) in [7, 11) is 0. The van der Waals surface area contributed by atoms with Gasteiger partial charge in [0.15, 0.2) is 5.82 Å². The minimum Gasteiger partial charge on any atom is -0.391 e. The number of hydrogen-bond donors (Lipinski definition) is 2. The second kappa shape index (κ2) is 6.82. The molecule has 0 saturated carbocycles. The van der Waals surface area contributed by atoms with E-state index in [1.165, 1.54) is 0 Å². The summed E-state index contributed by atoms with van der Waals surface area (Å²) in [6.07, 6.45) is -0.00378. The summed E-state index contributed by atoms with van der Waals surface area (Å²) in [5, 5.41) is 30.3. The number of aromatic nitrogens is 2. The van der Waals surface area contributed by atoms with E-state index in [-0.39, 0.29) is 0 Å². The van der Waals surface area contributed by atoms with Crippen molar-refractivity contribution in [3.05, 3.63) is 52.7 Å². The molecular weight excluding hydrogens is 264 g/mol. The Morgan fingerprint density at radius 1 is 1.24 bits per heavy atom. The zero-order valence-corrected chi connectivity index (χ0v) is 12.2. The minimum absolute atomic E-state index is 0.320. The van der Waals surface area contributed by atoms with Crippen molar-refractivity contribution in [1.29, 1.82) is 5.26 Å². The summed E-state index contributed by atoms with van der Waals surface area (Å²) in [6, 6.07) is 11.9. The third kappa shape index (κ3) is 3.77. The van der Waals surface area contributed by atoms with Gasteiger partial charge in [0.2, 0.25) is 0 Å². The summed E-state index contributed by atoms with van der Waals surface area (Å²) < 4.78 is 0. The molecule has 0 fully saturated rings. The third-order valence-corrected chi connectivity index (χ3v) is 3.39. The van der Waals surface area contributed by atoms with E-state index < -0.39 is 6.10 Å². The number of aryl methyl sites for hydroxylation is 1. The van der Waals surface area contributed by atoms with Crippen LogP contribution in [0.3, 0.4) is 0 Å². The molecule has 1 aromatic heterocycles. The van der Waals surface area contributed by atoms with Crippen molar-refractivity contribution in [1.82, 2.24) is 10.2 Å². The first-order chi connectivity index (χ1) is 10.1. The monoisotopic (exact) mass is 282 g/mol. The smallest absolute Gasteiger partial charge is 0.167 e. The van der Waals surface area contributed by atoms with Gasteiger partial charge in [-0.2, -0.15) is 10.4 Å². The summed E-state index contributed by atoms with van der Waals surface area (Å²) in [5.41, 5.74) is 3.10. The first kappa shape index (κ1) is 14.9. The van der Waals surface area contributed by atoms with Crippen molar-refractivity contribution < 1.29 is 5.11 Å². The number of nitrogens with one attached hydrogen (secondary N) is 1. The molecule has 0 saturated heterocycles. The fourth-order valence-electron chi connectivity index (χ4n) is 2.04. The molecule has 0 spiro atoms. The van der Waals surface area contributed by atoms with Crippen LogP contribution in [0.15, 0.2) is 30.3 Å². The van der Waals surface area contributed by atoms with Gasteiger partial charge in [-0.1, -0.05) is 30.3 Å². The molecule has 21 heavy (non-hydrogen) atoms. The SMILES string of the molecule is Cc1nnc(NCC(O)Cc2ccccc2)c(C#N)c1C. The number of hydrogen-bond acceptors (Lipinski definition) is 5. The molecule has 1 aromatic carbocycles. The van der Waals surface area contributed by atoms with Gasteiger partial charge in [-0.25, -0.2) is 0 Å². The first-order valence-electron chi connectivity index (χ1n) is 6.81. The molecule has 0 bridgehead atoms. The summed E-state index contributed by atoms with van der Waals surface area (Å²) in [5.74, 6) is 0.424. The normalized spacial score (nSPS) is 11.7. The average molecular weight is 282 g/mol. The highest BCUT2D eigenvalue weighted by Gasteiger charge is 2.12. The lowest BCUT2D eigenvalue weighted by Gasteiger charge is -2.14. The van der Waals surface area contributed by atoms with E-state index in [9.17, 15) is 10.4 Å². The highest BCUT2D eigenvalue weighted by atomic mass is 16.3. The van der Waals surface area contributed by atoms with E-state index in [1.807, 2.05) is 44.2 Å². The Kier molecular flexibility index (Phi) is 4.85. The molecule has 2 rings (SSSR count). The molecule has 1 unspecified atom stereocenters. The van der Waals surface area contributed by atoms with Gasteiger partial charge in [-0.15, -0.1) is 5.10 Å². The zero-order chi connectivity index (χ0) is 15.2. The van der Waals surface area contributed by atoms with Gasteiger partial charge in [-0.3, -0.25) is 0 Å². The predicted molar refractivity (Wildman–Crippen MR) is 80.9 cm³/mol. The molecule has 1 heterocycles. The van der Waals surface area contributed by atoms with E-state index in [4.69, 9.17) is 0 Å². The molecule has 2 N–H and O–H groups in total. The number of nitriles is 1. The van der Waals surface area contributed by atoms with Gasteiger partial charge in [0.05, 0.1) is 11.8 Å². The van der Waals surface area contributed by atoms with Gasteiger partial charge < -0.3 is 10.4 Å². The summed E-state index contributed by atoms with van der Waals surface area (Å²) in [4.78, 5) is 0. The molecule has 2 aromatic rings. The number of aliphatic hydroxyl groups excluding tert-OH is 1. The lowest BCUT2D eigenvalue weighted by atomic mass is 10.1. The van der Waals surface area contributed by atoms with Crippen molar-refractivity contribution in [3.63, 3.8) is 0 Å². The van der Waals surface area contributed by atoms with Crippen LogP contribution >= 0.6 is 0 Å². The maximum absolute atomic E-state index is 10.1. The molecule has 5 heteroatoms. The number of rotatable bonds is 5. The largest absolute Gasteiger partial charge is 0.391 e. The van der Waals surface area contributed by atoms with Crippen molar-refractivity contribution in [2.45, 2.75) is 26.4 Å². The Morgan fingerprint density at radius 3 is 2.62 bits per heavy atom. The van der Waals surface area contributed by atoms with Crippen molar-refractivity contribution in [3.8, 4) is 6.07 Å². The molecule has 0 aliphatic carbocycles. The lowest BCUT2D eigenvalue weighted by Crippen LogP contribution is -2.23. The van der Waals surface area contributed by atoms with Gasteiger partial charge in [0.1, 0.15) is 11.6 Å². The van der Waals surface area contributed by atoms with Crippen molar-refractivity contribution >= 4 is 5.82 Å². The Bertz CT molecular complexity index is 649. The van der Waals surface area contributed by atoms with Crippen LogP contribution in [0.1, 0.15) is 22.4 Å². The maximum atomic E-state index is 10.1. The maximum Gasteiger partial charge on any atom is 0.167 e. The Hall–Kier alpha value is -2.45. The number of anilines is 1. The quantitative estimate of drug-likeness (QED) is 0.876. The van der Waals surface area contributed by atoms with Gasteiger partial charge >= 0.3 is 0 Å². The molecule has 108 valence electrons. The van der Waals surface area contributed by atoms with Crippen LogP contribution in [-0.4, -0.2) is 28.0 Å². The van der Waals surface area contributed by atoms with Gasteiger partial charge in [0.25, 0.3) is 0 Å². The highest BCUT2D eigenvalue weighted by Crippen LogP contribution is 2.17. The van der Waals surface area contributed by atoms with Crippen LogP contribution in [0.25, 0.3) is 0 Å². The van der Waals surface area contributed by atoms with Crippen LogP contribution < -0.4 is 5.32 Å². The lowest BCUT2D eigenvalue weighted by molar-refractivity contribution is 0.188. The Balaban J connectivity index is 2.00. The average Bonchev–Trinajstić information content (AvgIpc) is 2.49. The molecule has 0 aliphatic heterocycles. The van der Waals surface area contributed by atoms with E-state index in [1.54, 1.807) is 0 Å². The molecule has 0 radical (unpaired) electrons. The Labute approximate surface area is 124 Å². The predicted octanol–water partition coefficient (Wildman–Crippen LogP) is 1.98. The molecule has 0 amide bonds. The van der Waals surface area contributed by atoms with E-state index >= 15 is 0 Å². The molecule has 0 aliphatic rings.